The summed E-state index contributed by atoms with van der Waals surface area (Å²) >= 11 is 6.80. The molecule has 2 atom stereocenters. The van der Waals surface area contributed by atoms with Gasteiger partial charge in [0.2, 0.25) is 5.91 Å². The van der Waals surface area contributed by atoms with Gasteiger partial charge in [0.05, 0.1) is 40.2 Å². The van der Waals surface area contributed by atoms with Gasteiger partial charge in [0, 0.05) is 25.0 Å². The smallest absolute Gasteiger partial charge is 0.284 e. The SMILES string of the molecule is C=CC(=O)N1C[C@@H]2C(=O)N(C)c3c(c4cc(Cl)c(-c5c(O)cccc5F)nc4n(-c4c(C#N)cnn4C(C)(C)C)c3=O)N2[C@@H](C)C1. The van der Waals surface area contributed by atoms with Gasteiger partial charge in [0.1, 0.15) is 34.9 Å². The number of piperazine rings is 1. The van der Waals surface area contributed by atoms with Crippen LogP contribution in [0.5, 0.6) is 5.75 Å². The van der Waals surface area contributed by atoms with Gasteiger partial charge < -0.3 is 19.8 Å². The molecule has 236 valence electrons. The molecule has 5 heterocycles. The number of amides is 2. The lowest BCUT2D eigenvalue weighted by Gasteiger charge is -2.50. The molecule has 0 aliphatic carbocycles. The fourth-order valence-electron chi connectivity index (χ4n) is 6.37. The van der Waals surface area contributed by atoms with Crippen LogP contribution < -0.4 is 15.4 Å². The fourth-order valence-corrected chi connectivity index (χ4v) is 6.61. The van der Waals surface area contributed by atoms with E-state index in [9.17, 15) is 24.8 Å². The molecule has 0 radical (unpaired) electrons. The fraction of sp³-hybridized carbons (Fsp3) is 0.312. The van der Waals surface area contributed by atoms with Crippen LogP contribution in [0.3, 0.4) is 0 Å². The van der Waals surface area contributed by atoms with Crippen LogP contribution in [0, 0.1) is 17.1 Å². The summed E-state index contributed by atoms with van der Waals surface area (Å²) in [7, 11) is 1.47. The number of nitriles is 1. The maximum absolute atomic E-state index is 15.2. The zero-order valence-corrected chi connectivity index (χ0v) is 26.5. The number of hydrogen-bond acceptors (Lipinski definition) is 8. The van der Waals surface area contributed by atoms with E-state index < -0.39 is 40.7 Å². The molecule has 3 aromatic heterocycles. The van der Waals surface area contributed by atoms with Crippen molar-refractivity contribution in [2.75, 3.05) is 29.9 Å². The molecule has 0 unspecified atom stereocenters. The lowest BCUT2D eigenvalue weighted by molar-refractivity contribution is -0.129. The Morgan fingerprint density at radius 2 is 1.96 bits per heavy atom. The van der Waals surface area contributed by atoms with E-state index >= 15 is 4.39 Å². The van der Waals surface area contributed by atoms with Gasteiger partial charge in [-0.3, -0.25) is 14.4 Å². The van der Waals surface area contributed by atoms with Gasteiger partial charge in [0.25, 0.3) is 11.5 Å². The van der Waals surface area contributed by atoms with Crippen LogP contribution in [0.15, 0.2) is 47.9 Å². The number of hydrogen-bond donors (Lipinski definition) is 1. The number of nitrogens with zero attached hydrogens (tertiary/aromatic N) is 8. The molecule has 2 aliphatic heterocycles. The lowest BCUT2D eigenvalue weighted by Crippen LogP contribution is -2.66. The Morgan fingerprint density at radius 3 is 2.59 bits per heavy atom. The first kappa shape index (κ1) is 30.8. The van der Waals surface area contributed by atoms with Crippen LogP contribution in [0.4, 0.5) is 15.8 Å². The number of pyridine rings is 2. The van der Waals surface area contributed by atoms with Crippen molar-refractivity contribution in [2.24, 2.45) is 0 Å². The summed E-state index contributed by atoms with van der Waals surface area (Å²) in [5, 5.41) is 25.5. The molecule has 0 bridgehead atoms. The Hall–Kier alpha value is -5.22. The standard InChI is InChI=1S/C32H30ClFN8O4/c1-7-23(44)39-14-16(2)40-21(15-39)30(45)38(6)27-26(40)18-11-19(33)25(24-20(34)9-8-10-22(24)43)37-28(18)41(31(27)46)29-17(12-35)13-36-42(29)32(3,4)5/h7-11,13,16,21,43H,1,14-15H2,2-6H3/t16-,21+/m0/s1. The Morgan fingerprint density at radius 1 is 1.24 bits per heavy atom. The summed E-state index contributed by atoms with van der Waals surface area (Å²) in [5.74, 6) is -1.86. The molecule has 2 aliphatic rings. The summed E-state index contributed by atoms with van der Waals surface area (Å²) < 4.78 is 17.9. The zero-order valence-electron chi connectivity index (χ0n) is 25.7. The highest BCUT2D eigenvalue weighted by molar-refractivity contribution is 6.34. The van der Waals surface area contributed by atoms with Crippen LogP contribution in [0.2, 0.25) is 5.02 Å². The topological polar surface area (TPSA) is 141 Å². The Kier molecular flexibility index (Phi) is 7.16. The second-order valence-corrected chi connectivity index (χ2v) is 12.8. The summed E-state index contributed by atoms with van der Waals surface area (Å²) in [4.78, 5) is 50.7. The van der Waals surface area contributed by atoms with Gasteiger partial charge >= 0.3 is 0 Å². The highest BCUT2D eigenvalue weighted by Gasteiger charge is 2.47. The van der Waals surface area contributed by atoms with E-state index in [4.69, 9.17) is 16.6 Å². The number of carbonyl (C=O) groups excluding carboxylic acids is 2. The van der Waals surface area contributed by atoms with Crippen molar-refractivity contribution in [1.29, 1.82) is 5.26 Å². The van der Waals surface area contributed by atoms with Gasteiger partial charge in [0.15, 0.2) is 11.5 Å². The number of aromatic nitrogens is 4. The van der Waals surface area contributed by atoms with Crippen molar-refractivity contribution in [2.45, 2.75) is 45.3 Å². The number of rotatable bonds is 3. The number of anilines is 2. The van der Waals surface area contributed by atoms with Crippen LogP contribution in [0.25, 0.3) is 28.1 Å². The zero-order chi connectivity index (χ0) is 33.4. The van der Waals surface area contributed by atoms with Crippen LogP contribution in [-0.2, 0) is 15.1 Å². The second-order valence-electron chi connectivity index (χ2n) is 12.4. The molecule has 6 rings (SSSR count). The number of benzene rings is 1. The van der Waals surface area contributed by atoms with Crippen LogP contribution >= 0.6 is 11.6 Å². The summed E-state index contributed by atoms with van der Waals surface area (Å²) in [6.07, 6.45) is 2.52. The number of aromatic hydroxyl groups is 1. The molecule has 46 heavy (non-hydrogen) atoms. The maximum Gasteiger partial charge on any atom is 0.284 e. The number of carbonyl (C=O) groups is 2. The lowest BCUT2D eigenvalue weighted by atomic mass is 9.97. The number of phenolic OH excluding ortho intramolecular Hbond substituents is 1. The molecule has 1 saturated heterocycles. The summed E-state index contributed by atoms with van der Waals surface area (Å²) in [6.45, 7) is 11.2. The van der Waals surface area contributed by atoms with Crippen molar-refractivity contribution < 1.29 is 19.1 Å². The normalized spacial score (nSPS) is 18.0. The van der Waals surface area contributed by atoms with E-state index in [1.165, 1.54) is 56.6 Å². The number of halogens is 2. The van der Waals surface area contributed by atoms with Gasteiger partial charge in [-0.15, -0.1) is 0 Å². The molecule has 1 N–H and O–H groups in total. The molecular weight excluding hydrogens is 615 g/mol. The van der Waals surface area contributed by atoms with E-state index in [1.807, 2.05) is 27.7 Å². The molecular formula is C32H30ClFN8O4. The third-order valence-electron chi connectivity index (χ3n) is 8.38. The second kappa shape index (κ2) is 10.7. The minimum Gasteiger partial charge on any atom is -0.507 e. The molecule has 2 amide bonds. The number of fused-ring (bicyclic) bond motifs is 5. The van der Waals surface area contributed by atoms with Crippen molar-refractivity contribution in [3.8, 4) is 28.9 Å². The molecule has 12 nitrogen and oxygen atoms in total. The minimum atomic E-state index is -0.854. The van der Waals surface area contributed by atoms with Gasteiger partial charge in [-0.25, -0.2) is 18.6 Å². The van der Waals surface area contributed by atoms with E-state index in [2.05, 4.69) is 17.7 Å². The quantitative estimate of drug-likeness (QED) is 0.331. The summed E-state index contributed by atoms with van der Waals surface area (Å²) in [6, 6.07) is 6.09. The van der Waals surface area contributed by atoms with Gasteiger partial charge in [-0.2, -0.15) is 10.4 Å². The largest absolute Gasteiger partial charge is 0.507 e. The third-order valence-corrected chi connectivity index (χ3v) is 8.66. The minimum absolute atomic E-state index is 0.00778. The Labute approximate surface area is 268 Å². The van der Waals surface area contributed by atoms with Crippen molar-refractivity contribution in [1.82, 2.24) is 24.2 Å². The predicted octanol–water partition coefficient (Wildman–Crippen LogP) is 3.94. The average molecular weight is 645 g/mol. The predicted molar refractivity (Wildman–Crippen MR) is 171 cm³/mol. The third kappa shape index (κ3) is 4.43. The first-order chi connectivity index (χ1) is 21.7. The van der Waals surface area contributed by atoms with Crippen molar-refractivity contribution in [3.05, 3.63) is 69.9 Å². The first-order valence-electron chi connectivity index (χ1n) is 14.4. The molecule has 0 spiro atoms. The monoisotopic (exact) mass is 644 g/mol. The van der Waals surface area contributed by atoms with E-state index in [0.717, 1.165) is 6.07 Å². The molecule has 1 aromatic carbocycles. The van der Waals surface area contributed by atoms with Crippen LogP contribution in [0.1, 0.15) is 33.3 Å². The van der Waals surface area contributed by atoms with E-state index in [-0.39, 0.29) is 58.0 Å². The molecule has 1 fully saturated rings. The van der Waals surface area contributed by atoms with Crippen LogP contribution in [-0.4, -0.2) is 73.4 Å². The first-order valence-corrected chi connectivity index (χ1v) is 14.8. The highest BCUT2D eigenvalue weighted by Crippen LogP contribution is 2.45. The van der Waals surface area contributed by atoms with E-state index in [1.54, 1.807) is 4.90 Å². The van der Waals surface area contributed by atoms with Crippen molar-refractivity contribution >= 4 is 45.8 Å². The highest BCUT2D eigenvalue weighted by atomic mass is 35.5. The summed E-state index contributed by atoms with van der Waals surface area (Å²) in [5.41, 5.74) is -1.41. The molecule has 14 heteroatoms. The van der Waals surface area contributed by atoms with Gasteiger partial charge in [-0.05, 0) is 52.0 Å². The van der Waals surface area contributed by atoms with E-state index in [0.29, 0.717) is 11.1 Å². The Balaban J connectivity index is 1.78. The number of phenols is 1. The Bertz CT molecular complexity index is 2070. The molecule has 4 aromatic rings. The average Bonchev–Trinajstić information content (AvgIpc) is 3.44. The van der Waals surface area contributed by atoms with Gasteiger partial charge in [-0.1, -0.05) is 24.2 Å². The van der Waals surface area contributed by atoms with Crippen molar-refractivity contribution in [3.63, 3.8) is 0 Å². The molecule has 0 saturated carbocycles. The number of likely N-dealkylation sites (N-methyl/N-ethyl adjacent to an activating group) is 1. The maximum atomic E-state index is 15.2.